The van der Waals surface area contributed by atoms with Crippen LogP contribution in [0.15, 0.2) is 30.3 Å². The standard InChI is InChI=1S/C15H19N3O2/c1-4-20-13-7-5-11(6-8-13)15-17-12(10-19-3)9-14(16-2)18-15/h5-9H,4,10H2,1-3H3,(H,16,17,18). The van der Waals surface area contributed by atoms with Crippen molar-refractivity contribution in [3.05, 3.63) is 36.0 Å². The maximum Gasteiger partial charge on any atom is 0.161 e. The van der Waals surface area contributed by atoms with Gasteiger partial charge in [0.25, 0.3) is 0 Å². The molecule has 106 valence electrons. The van der Waals surface area contributed by atoms with Crippen molar-refractivity contribution < 1.29 is 9.47 Å². The van der Waals surface area contributed by atoms with Crippen LogP contribution in [0.1, 0.15) is 12.6 Å². The maximum atomic E-state index is 5.43. The number of rotatable bonds is 6. The van der Waals surface area contributed by atoms with Crippen molar-refractivity contribution in [3.63, 3.8) is 0 Å². The molecule has 0 spiro atoms. The molecule has 2 rings (SSSR count). The smallest absolute Gasteiger partial charge is 0.161 e. The second-order valence-electron chi connectivity index (χ2n) is 4.21. The van der Waals surface area contributed by atoms with Crippen LogP contribution < -0.4 is 10.1 Å². The quantitative estimate of drug-likeness (QED) is 0.877. The highest BCUT2D eigenvalue weighted by atomic mass is 16.5. The van der Waals surface area contributed by atoms with E-state index in [0.717, 1.165) is 22.8 Å². The summed E-state index contributed by atoms with van der Waals surface area (Å²) in [6.07, 6.45) is 0. The van der Waals surface area contributed by atoms with Gasteiger partial charge in [-0.3, -0.25) is 0 Å². The van der Waals surface area contributed by atoms with Crippen molar-refractivity contribution in [1.29, 1.82) is 0 Å². The molecule has 5 heteroatoms. The van der Waals surface area contributed by atoms with E-state index in [1.165, 1.54) is 0 Å². The highest BCUT2D eigenvalue weighted by Crippen LogP contribution is 2.21. The Morgan fingerprint density at radius 2 is 1.90 bits per heavy atom. The highest BCUT2D eigenvalue weighted by Gasteiger charge is 2.06. The number of methoxy groups -OCH3 is 1. The lowest BCUT2D eigenvalue weighted by molar-refractivity contribution is 0.181. The summed E-state index contributed by atoms with van der Waals surface area (Å²) in [6, 6.07) is 9.63. The second-order valence-corrected chi connectivity index (χ2v) is 4.21. The number of hydrogen-bond acceptors (Lipinski definition) is 5. The van der Waals surface area contributed by atoms with E-state index in [9.17, 15) is 0 Å². The van der Waals surface area contributed by atoms with Gasteiger partial charge < -0.3 is 14.8 Å². The van der Waals surface area contributed by atoms with Crippen LogP contribution in [0, 0.1) is 0 Å². The van der Waals surface area contributed by atoms with Gasteiger partial charge in [-0.1, -0.05) is 0 Å². The van der Waals surface area contributed by atoms with Crippen LogP contribution in [0.2, 0.25) is 0 Å². The van der Waals surface area contributed by atoms with Gasteiger partial charge in [0.15, 0.2) is 5.82 Å². The van der Waals surface area contributed by atoms with Crippen LogP contribution in [-0.4, -0.2) is 30.7 Å². The van der Waals surface area contributed by atoms with Crippen LogP contribution in [0.5, 0.6) is 5.75 Å². The van der Waals surface area contributed by atoms with Crippen LogP contribution >= 0.6 is 0 Å². The van der Waals surface area contributed by atoms with Crippen LogP contribution in [-0.2, 0) is 11.3 Å². The maximum absolute atomic E-state index is 5.43. The Balaban J connectivity index is 2.32. The predicted octanol–water partition coefficient (Wildman–Crippen LogP) is 2.73. The molecule has 0 aliphatic heterocycles. The first-order valence-corrected chi connectivity index (χ1v) is 6.54. The highest BCUT2D eigenvalue weighted by molar-refractivity contribution is 5.58. The molecule has 20 heavy (non-hydrogen) atoms. The Labute approximate surface area is 119 Å². The molecule has 0 amide bonds. The molecule has 0 radical (unpaired) electrons. The Morgan fingerprint density at radius 3 is 2.50 bits per heavy atom. The normalized spacial score (nSPS) is 10.3. The predicted molar refractivity (Wildman–Crippen MR) is 78.9 cm³/mol. The zero-order chi connectivity index (χ0) is 14.4. The van der Waals surface area contributed by atoms with E-state index in [-0.39, 0.29) is 0 Å². The van der Waals surface area contributed by atoms with E-state index in [0.29, 0.717) is 19.0 Å². The second kappa shape index (κ2) is 6.86. The summed E-state index contributed by atoms with van der Waals surface area (Å²) < 4.78 is 10.6. The Morgan fingerprint density at radius 1 is 1.15 bits per heavy atom. The molecule has 0 bridgehead atoms. The van der Waals surface area contributed by atoms with Gasteiger partial charge in [0.1, 0.15) is 11.6 Å². The average Bonchev–Trinajstić information content (AvgIpc) is 2.48. The lowest BCUT2D eigenvalue weighted by Gasteiger charge is -2.08. The monoisotopic (exact) mass is 273 g/mol. The van der Waals surface area contributed by atoms with Gasteiger partial charge in [0, 0.05) is 25.8 Å². The minimum atomic E-state index is 0.460. The van der Waals surface area contributed by atoms with E-state index in [4.69, 9.17) is 9.47 Å². The van der Waals surface area contributed by atoms with E-state index in [1.54, 1.807) is 7.11 Å². The third-order valence-corrected chi connectivity index (χ3v) is 2.75. The summed E-state index contributed by atoms with van der Waals surface area (Å²) in [5.41, 5.74) is 1.79. The van der Waals surface area contributed by atoms with Crippen molar-refractivity contribution in [2.24, 2.45) is 0 Å². The van der Waals surface area contributed by atoms with Crippen molar-refractivity contribution in [2.75, 3.05) is 26.1 Å². The molecule has 1 aromatic heterocycles. The lowest BCUT2D eigenvalue weighted by atomic mass is 10.2. The summed E-state index contributed by atoms with van der Waals surface area (Å²) in [5.74, 6) is 2.29. The molecule has 0 aliphatic rings. The largest absolute Gasteiger partial charge is 0.494 e. The minimum absolute atomic E-state index is 0.460. The number of aromatic nitrogens is 2. The fourth-order valence-electron chi connectivity index (χ4n) is 1.84. The SMILES string of the molecule is CCOc1ccc(-c2nc(COC)cc(NC)n2)cc1. The molecular weight excluding hydrogens is 254 g/mol. The number of nitrogens with one attached hydrogen (secondary N) is 1. The third-order valence-electron chi connectivity index (χ3n) is 2.75. The number of benzene rings is 1. The molecule has 0 fully saturated rings. The number of ether oxygens (including phenoxy) is 2. The summed E-state index contributed by atoms with van der Waals surface area (Å²) in [6.45, 7) is 3.08. The average molecular weight is 273 g/mol. The lowest BCUT2D eigenvalue weighted by Crippen LogP contribution is -2.02. The van der Waals surface area contributed by atoms with Crippen molar-refractivity contribution in [1.82, 2.24) is 9.97 Å². The fraction of sp³-hybridized carbons (Fsp3) is 0.333. The van der Waals surface area contributed by atoms with Gasteiger partial charge in [-0.15, -0.1) is 0 Å². The topological polar surface area (TPSA) is 56.3 Å². The summed E-state index contributed by atoms with van der Waals surface area (Å²) in [4.78, 5) is 8.96. The Hall–Kier alpha value is -2.14. The van der Waals surface area contributed by atoms with E-state index >= 15 is 0 Å². The van der Waals surface area contributed by atoms with Crippen LogP contribution in [0.4, 0.5) is 5.82 Å². The van der Waals surface area contributed by atoms with E-state index in [1.807, 2.05) is 44.3 Å². The Bertz CT molecular complexity index is 556. The minimum Gasteiger partial charge on any atom is -0.494 e. The summed E-state index contributed by atoms with van der Waals surface area (Å²) in [5, 5.41) is 3.04. The molecule has 0 saturated carbocycles. The number of nitrogens with zero attached hydrogens (tertiary/aromatic N) is 2. The first-order chi connectivity index (χ1) is 9.76. The number of anilines is 1. The van der Waals surface area contributed by atoms with Gasteiger partial charge in [0.05, 0.1) is 18.9 Å². The molecular formula is C15H19N3O2. The fourth-order valence-corrected chi connectivity index (χ4v) is 1.84. The molecule has 2 aromatic rings. The summed E-state index contributed by atoms with van der Waals surface area (Å²) in [7, 11) is 3.48. The molecule has 1 heterocycles. The number of hydrogen-bond donors (Lipinski definition) is 1. The van der Waals surface area contributed by atoms with Gasteiger partial charge in [-0.2, -0.15) is 0 Å². The third kappa shape index (κ3) is 3.45. The molecule has 1 aromatic carbocycles. The van der Waals surface area contributed by atoms with Crippen LogP contribution in [0.25, 0.3) is 11.4 Å². The van der Waals surface area contributed by atoms with Crippen molar-refractivity contribution >= 4 is 5.82 Å². The zero-order valence-electron chi connectivity index (χ0n) is 12.0. The van der Waals surface area contributed by atoms with Gasteiger partial charge in [-0.05, 0) is 31.2 Å². The molecule has 0 unspecified atom stereocenters. The molecule has 0 aliphatic carbocycles. The van der Waals surface area contributed by atoms with Crippen molar-refractivity contribution in [2.45, 2.75) is 13.5 Å². The van der Waals surface area contributed by atoms with E-state index < -0.39 is 0 Å². The van der Waals surface area contributed by atoms with E-state index in [2.05, 4.69) is 15.3 Å². The van der Waals surface area contributed by atoms with Gasteiger partial charge in [0.2, 0.25) is 0 Å². The first-order valence-electron chi connectivity index (χ1n) is 6.54. The first kappa shape index (κ1) is 14.3. The molecule has 0 saturated heterocycles. The van der Waals surface area contributed by atoms with Gasteiger partial charge in [-0.25, -0.2) is 9.97 Å². The van der Waals surface area contributed by atoms with Crippen LogP contribution in [0.3, 0.4) is 0 Å². The molecule has 1 N–H and O–H groups in total. The Kier molecular flexibility index (Phi) is 4.90. The zero-order valence-corrected chi connectivity index (χ0v) is 12.0. The molecule has 0 atom stereocenters. The molecule has 5 nitrogen and oxygen atoms in total. The van der Waals surface area contributed by atoms with Crippen molar-refractivity contribution in [3.8, 4) is 17.1 Å². The van der Waals surface area contributed by atoms with Gasteiger partial charge >= 0.3 is 0 Å². The summed E-state index contributed by atoms with van der Waals surface area (Å²) >= 11 is 0.